The number of hydrogen-bond acceptors (Lipinski definition) is 4. The second-order valence-electron chi connectivity index (χ2n) is 2.69. The van der Waals surface area contributed by atoms with Crippen LogP contribution in [0.15, 0.2) is 11.1 Å². The van der Waals surface area contributed by atoms with Crippen molar-refractivity contribution in [1.29, 1.82) is 0 Å². The molecule has 0 N–H and O–H groups in total. The normalized spacial score (nSPS) is 10.1. The molecule has 1 rings (SSSR count). The molecular weight excluding hydrogens is 250 g/mol. The summed E-state index contributed by atoms with van der Waals surface area (Å²) in [5.41, 5.74) is 0. The van der Waals surface area contributed by atoms with E-state index in [1.54, 1.807) is 17.9 Å². The third-order valence-electron chi connectivity index (χ3n) is 1.58. The predicted octanol–water partition coefficient (Wildman–Crippen LogP) is 1.38. The molecule has 1 aromatic rings. The Kier molecular flexibility index (Phi) is 4.58. The van der Waals surface area contributed by atoms with Gasteiger partial charge in [-0.05, 0) is 29.3 Å². The molecule has 0 bridgehead atoms. The zero-order valence-electron chi connectivity index (χ0n) is 7.94. The summed E-state index contributed by atoms with van der Waals surface area (Å²) in [7, 11) is 0. The lowest BCUT2D eigenvalue weighted by molar-refractivity contribution is -0.143. The van der Waals surface area contributed by atoms with Gasteiger partial charge in [-0.2, -0.15) is 0 Å². The maximum Gasteiger partial charge on any atom is 0.305 e. The lowest BCUT2D eigenvalue weighted by Gasteiger charge is -2.01. The third-order valence-corrected chi connectivity index (χ3v) is 1.95. The Balaban J connectivity index is 2.18. The van der Waals surface area contributed by atoms with Crippen molar-refractivity contribution in [3.8, 4) is 0 Å². The number of ether oxygens (including phenoxy) is 1. The smallest absolute Gasteiger partial charge is 0.305 e. The predicted molar refractivity (Wildman–Crippen MR) is 53.6 cm³/mol. The Morgan fingerprint density at radius 3 is 3.07 bits per heavy atom. The molecule has 0 aliphatic rings. The van der Waals surface area contributed by atoms with E-state index in [-0.39, 0.29) is 5.97 Å². The lowest BCUT2D eigenvalue weighted by Crippen LogP contribution is -2.06. The summed E-state index contributed by atoms with van der Waals surface area (Å²) in [4.78, 5) is 14.9. The van der Waals surface area contributed by atoms with Crippen LogP contribution in [0.1, 0.15) is 19.8 Å². The van der Waals surface area contributed by atoms with Crippen LogP contribution in [0.4, 0.5) is 0 Å². The van der Waals surface area contributed by atoms with E-state index in [2.05, 4.69) is 26.0 Å². The molecule has 6 heteroatoms. The molecule has 0 atom stereocenters. The van der Waals surface area contributed by atoms with Crippen LogP contribution in [0.25, 0.3) is 0 Å². The van der Waals surface area contributed by atoms with Crippen LogP contribution in [0.3, 0.4) is 0 Å². The molecule has 0 aromatic carbocycles. The number of aromatic nitrogens is 3. The minimum absolute atomic E-state index is 0.160. The van der Waals surface area contributed by atoms with Crippen molar-refractivity contribution in [2.75, 3.05) is 6.61 Å². The molecule has 0 spiro atoms. The van der Waals surface area contributed by atoms with E-state index in [0.717, 1.165) is 0 Å². The number of hydrogen-bond donors (Lipinski definition) is 0. The van der Waals surface area contributed by atoms with Gasteiger partial charge in [0, 0.05) is 13.0 Å². The number of halogens is 1. The van der Waals surface area contributed by atoms with Gasteiger partial charge in [-0.15, -0.1) is 5.10 Å². The number of carbonyl (C=O) groups is 1. The number of aryl methyl sites for hydroxylation is 1. The van der Waals surface area contributed by atoms with Gasteiger partial charge in [-0.25, -0.2) is 4.98 Å². The largest absolute Gasteiger partial charge is 0.466 e. The second kappa shape index (κ2) is 5.74. The van der Waals surface area contributed by atoms with E-state index in [1.165, 1.54) is 0 Å². The van der Waals surface area contributed by atoms with Crippen molar-refractivity contribution in [3.63, 3.8) is 0 Å². The van der Waals surface area contributed by atoms with Crippen LogP contribution < -0.4 is 0 Å². The summed E-state index contributed by atoms with van der Waals surface area (Å²) in [6.45, 7) is 2.91. The first-order chi connectivity index (χ1) is 6.72. The van der Waals surface area contributed by atoms with Crippen LogP contribution >= 0.6 is 15.9 Å². The van der Waals surface area contributed by atoms with E-state index in [0.29, 0.717) is 30.7 Å². The standard InChI is InChI=1S/C8H12BrN3O2/c1-2-14-7(13)4-3-5-12-6-10-8(9)11-12/h6H,2-5H2,1H3. The number of rotatable bonds is 5. The van der Waals surface area contributed by atoms with Crippen LogP contribution in [0.5, 0.6) is 0 Å². The average Bonchev–Trinajstić information content (AvgIpc) is 2.52. The molecule has 5 nitrogen and oxygen atoms in total. The summed E-state index contributed by atoms with van der Waals surface area (Å²) in [5.74, 6) is -0.160. The highest BCUT2D eigenvalue weighted by Gasteiger charge is 2.02. The van der Waals surface area contributed by atoms with Gasteiger partial charge in [-0.3, -0.25) is 9.48 Å². The summed E-state index contributed by atoms with van der Waals surface area (Å²) in [6.07, 6.45) is 2.76. The molecule has 0 amide bonds. The first-order valence-electron chi connectivity index (χ1n) is 4.43. The number of esters is 1. The minimum atomic E-state index is -0.160. The molecule has 14 heavy (non-hydrogen) atoms. The summed E-state index contributed by atoms with van der Waals surface area (Å²) in [6, 6.07) is 0. The Morgan fingerprint density at radius 1 is 1.71 bits per heavy atom. The maximum atomic E-state index is 11.0. The minimum Gasteiger partial charge on any atom is -0.466 e. The molecule has 0 saturated carbocycles. The van der Waals surface area contributed by atoms with E-state index >= 15 is 0 Å². The van der Waals surface area contributed by atoms with Crippen LogP contribution in [-0.4, -0.2) is 27.3 Å². The topological polar surface area (TPSA) is 57.0 Å². The maximum absolute atomic E-state index is 11.0. The fraction of sp³-hybridized carbons (Fsp3) is 0.625. The van der Waals surface area contributed by atoms with Crippen molar-refractivity contribution in [1.82, 2.24) is 14.8 Å². The molecule has 1 aromatic heterocycles. The molecule has 78 valence electrons. The molecule has 0 saturated heterocycles. The first-order valence-corrected chi connectivity index (χ1v) is 5.22. The summed E-state index contributed by atoms with van der Waals surface area (Å²) in [5, 5.41) is 4.02. The van der Waals surface area contributed by atoms with Crippen molar-refractivity contribution in [2.45, 2.75) is 26.3 Å². The van der Waals surface area contributed by atoms with Gasteiger partial charge in [-0.1, -0.05) is 0 Å². The Bertz CT molecular complexity index is 301. The Labute approximate surface area is 90.6 Å². The zero-order valence-corrected chi connectivity index (χ0v) is 9.53. The van der Waals surface area contributed by atoms with Gasteiger partial charge in [0.05, 0.1) is 6.61 Å². The first kappa shape index (κ1) is 11.2. The van der Waals surface area contributed by atoms with Gasteiger partial charge in [0.15, 0.2) is 0 Å². The lowest BCUT2D eigenvalue weighted by atomic mass is 10.3. The van der Waals surface area contributed by atoms with Gasteiger partial charge in [0.1, 0.15) is 6.33 Å². The Morgan fingerprint density at radius 2 is 2.50 bits per heavy atom. The highest BCUT2D eigenvalue weighted by Crippen LogP contribution is 2.01. The van der Waals surface area contributed by atoms with Gasteiger partial charge in [0.2, 0.25) is 4.73 Å². The molecule has 0 fully saturated rings. The molecule has 0 aliphatic heterocycles. The fourth-order valence-electron chi connectivity index (χ4n) is 0.998. The van der Waals surface area contributed by atoms with Crippen molar-refractivity contribution >= 4 is 21.9 Å². The van der Waals surface area contributed by atoms with Crippen molar-refractivity contribution < 1.29 is 9.53 Å². The SMILES string of the molecule is CCOC(=O)CCCn1cnc(Br)n1. The fourth-order valence-corrected chi connectivity index (χ4v) is 1.29. The van der Waals surface area contributed by atoms with Crippen LogP contribution in [-0.2, 0) is 16.1 Å². The summed E-state index contributed by atoms with van der Waals surface area (Å²) >= 11 is 3.14. The zero-order chi connectivity index (χ0) is 10.4. The van der Waals surface area contributed by atoms with E-state index in [1.807, 2.05) is 0 Å². The van der Waals surface area contributed by atoms with Gasteiger partial charge >= 0.3 is 5.97 Å². The number of nitrogens with zero attached hydrogens (tertiary/aromatic N) is 3. The molecule has 0 unspecified atom stereocenters. The second-order valence-corrected chi connectivity index (χ2v) is 3.39. The van der Waals surface area contributed by atoms with Crippen molar-refractivity contribution in [2.24, 2.45) is 0 Å². The van der Waals surface area contributed by atoms with E-state index in [4.69, 9.17) is 4.74 Å². The molecule has 0 radical (unpaired) electrons. The van der Waals surface area contributed by atoms with E-state index in [9.17, 15) is 4.79 Å². The molecule has 1 heterocycles. The highest BCUT2D eigenvalue weighted by molar-refractivity contribution is 9.10. The average molecular weight is 262 g/mol. The monoisotopic (exact) mass is 261 g/mol. The van der Waals surface area contributed by atoms with Gasteiger partial charge in [0.25, 0.3) is 0 Å². The number of carbonyl (C=O) groups excluding carboxylic acids is 1. The van der Waals surface area contributed by atoms with Crippen LogP contribution in [0.2, 0.25) is 0 Å². The van der Waals surface area contributed by atoms with Crippen LogP contribution in [0, 0.1) is 0 Å². The highest BCUT2D eigenvalue weighted by atomic mass is 79.9. The summed E-state index contributed by atoms with van der Waals surface area (Å²) < 4.78 is 7.04. The van der Waals surface area contributed by atoms with E-state index < -0.39 is 0 Å². The quantitative estimate of drug-likeness (QED) is 0.752. The van der Waals surface area contributed by atoms with Gasteiger partial charge < -0.3 is 4.74 Å². The third kappa shape index (κ3) is 3.87. The van der Waals surface area contributed by atoms with Crippen molar-refractivity contribution in [3.05, 3.63) is 11.1 Å². The molecular formula is C8H12BrN3O2. The Hall–Kier alpha value is -0.910. The molecule has 0 aliphatic carbocycles.